The number of halogens is 2. The van der Waals surface area contributed by atoms with Crippen molar-refractivity contribution in [2.45, 2.75) is 6.92 Å². The molecule has 1 fully saturated rings. The molecule has 0 radical (unpaired) electrons. The van der Waals surface area contributed by atoms with E-state index < -0.39 is 0 Å². The number of hydrogen-bond donors (Lipinski definition) is 0. The third-order valence-electron chi connectivity index (χ3n) is 4.82. The van der Waals surface area contributed by atoms with Crippen molar-refractivity contribution in [3.63, 3.8) is 0 Å². The summed E-state index contributed by atoms with van der Waals surface area (Å²) < 4.78 is 5.86. The van der Waals surface area contributed by atoms with Gasteiger partial charge in [-0.3, -0.25) is 4.79 Å². The van der Waals surface area contributed by atoms with E-state index in [-0.39, 0.29) is 5.91 Å². The van der Waals surface area contributed by atoms with Crippen molar-refractivity contribution in [1.29, 1.82) is 0 Å². The van der Waals surface area contributed by atoms with Crippen molar-refractivity contribution >= 4 is 34.9 Å². The molecule has 2 aromatic carbocycles. The van der Waals surface area contributed by atoms with E-state index in [1.54, 1.807) is 23.1 Å². The zero-order valence-electron chi connectivity index (χ0n) is 16.4. The molecule has 0 N–H and O–H groups in total. The fourth-order valence-electron chi connectivity index (χ4n) is 3.32. The lowest BCUT2D eigenvalue weighted by molar-refractivity contribution is 0.0746. The Balaban J connectivity index is 1.45. The van der Waals surface area contributed by atoms with E-state index in [4.69, 9.17) is 27.9 Å². The predicted octanol–water partition coefficient (Wildman–Crippen LogP) is 4.85. The number of nitrogens with zero attached hydrogens (tertiary/aromatic N) is 4. The highest BCUT2D eigenvalue weighted by molar-refractivity contribution is 6.35. The molecule has 0 spiro atoms. The van der Waals surface area contributed by atoms with E-state index in [2.05, 4.69) is 14.9 Å². The van der Waals surface area contributed by atoms with Gasteiger partial charge in [0.15, 0.2) is 0 Å². The number of carbonyl (C=O) groups is 1. The molecule has 0 bridgehead atoms. The van der Waals surface area contributed by atoms with Crippen LogP contribution < -0.4 is 9.64 Å². The molecule has 0 aliphatic carbocycles. The highest BCUT2D eigenvalue weighted by Gasteiger charge is 2.25. The van der Waals surface area contributed by atoms with Crippen LogP contribution in [0.15, 0.2) is 54.6 Å². The molecule has 2 heterocycles. The van der Waals surface area contributed by atoms with Gasteiger partial charge in [-0.05, 0) is 37.3 Å². The molecule has 0 atom stereocenters. The summed E-state index contributed by atoms with van der Waals surface area (Å²) in [5.41, 5.74) is 0.425. The van der Waals surface area contributed by atoms with Crippen molar-refractivity contribution < 1.29 is 9.53 Å². The summed E-state index contributed by atoms with van der Waals surface area (Å²) in [4.78, 5) is 25.7. The van der Waals surface area contributed by atoms with Crippen LogP contribution in [0.25, 0.3) is 0 Å². The van der Waals surface area contributed by atoms with Gasteiger partial charge in [-0.1, -0.05) is 41.4 Å². The number of aryl methyl sites for hydroxylation is 1. The van der Waals surface area contributed by atoms with Crippen LogP contribution in [0.4, 0.5) is 5.82 Å². The molecule has 4 rings (SSSR count). The van der Waals surface area contributed by atoms with Crippen molar-refractivity contribution in [3.8, 4) is 11.6 Å². The Labute approximate surface area is 185 Å². The monoisotopic (exact) mass is 442 g/mol. The molecule has 1 aliphatic heterocycles. The Morgan fingerprint density at radius 3 is 2.43 bits per heavy atom. The third-order valence-corrected chi connectivity index (χ3v) is 5.38. The van der Waals surface area contributed by atoms with Gasteiger partial charge >= 0.3 is 0 Å². The number of hydrogen-bond acceptors (Lipinski definition) is 5. The average molecular weight is 443 g/mol. The number of piperazine rings is 1. The second-order valence-corrected chi connectivity index (χ2v) is 7.77. The van der Waals surface area contributed by atoms with Crippen LogP contribution in [0, 0.1) is 6.92 Å². The summed E-state index contributed by atoms with van der Waals surface area (Å²) in [6.07, 6.45) is 0. The van der Waals surface area contributed by atoms with Crippen molar-refractivity contribution in [1.82, 2.24) is 14.9 Å². The summed E-state index contributed by atoms with van der Waals surface area (Å²) in [5.74, 6) is 2.50. The van der Waals surface area contributed by atoms with Crippen molar-refractivity contribution in [2.24, 2.45) is 0 Å². The van der Waals surface area contributed by atoms with Gasteiger partial charge in [0.25, 0.3) is 5.91 Å². The van der Waals surface area contributed by atoms with Gasteiger partial charge in [0.1, 0.15) is 17.4 Å². The quantitative estimate of drug-likeness (QED) is 0.577. The van der Waals surface area contributed by atoms with Gasteiger partial charge in [-0.25, -0.2) is 4.98 Å². The van der Waals surface area contributed by atoms with E-state index in [9.17, 15) is 4.79 Å². The smallest absolute Gasteiger partial charge is 0.255 e. The summed E-state index contributed by atoms with van der Waals surface area (Å²) in [6, 6.07) is 16.3. The Hall–Kier alpha value is -2.83. The maximum atomic E-state index is 12.8. The van der Waals surface area contributed by atoms with Crippen molar-refractivity contribution in [3.05, 3.63) is 76.0 Å². The lowest BCUT2D eigenvalue weighted by Gasteiger charge is -2.35. The molecule has 154 valence electrons. The van der Waals surface area contributed by atoms with Crippen LogP contribution in [0.5, 0.6) is 11.6 Å². The number of amides is 1. The fourth-order valence-corrected chi connectivity index (χ4v) is 3.69. The minimum Gasteiger partial charge on any atom is -0.439 e. The first-order valence-corrected chi connectivity index (χ1v) is 10.3. The third kappa shape index (κ3) is 4.66. The predicted molar refractivity (Wildman–Crippen MR) is 118 cm³/mol. The van der Waals surface area contributed by atoms with E-state index in [1.807, 2.05) is 43.3 Å². The molecule has 30 heavy (non-hydrogen) atoms. The topological polar surface area (TPSA) is 58.6 Å². The zero-order valence-corrected chi connectivity index (χ0v) is 17.9. The largest absolute Gasteiger partial charge is 0.439 e. The number of anilines is 1. The maximum Gasteiger partial charge on any atom is 0.255 e. The molecule has 1 amide bonds. The van der Waals surface area contributed by atoms with Gasteiger partial charge in [-0.2, -0.15) is 4.98 Å². The number of aromatic nitrogens is 2. The zero-order chi connectivity index (χ0) is 21.1. The standard InChI is InChI=1S/C22H20Cl2N4O2/c1-15-25-20(14-21(26-15)30-17-5-3-2-4-6-17)27-9-11-28(12-10-27)22(29)18-13-16(23)7-8-19(18)24/h2-8,13-14H,9-12H2,1H3. The van der Waals surface area contributed by atoms with E-state index in [0.29, 0.717) is 53.5 Å². The van der Waals surface area contributed by atoms with Gasteiger partial charge in [-0.15, -0.1) is 0 Å². The summed E-state index contributed by atoms with van der Waals surface area (Å²) in [7, 11) is 0. The van der Waals surface area contributed by atoms with Crippen molar-refractivity contribution in [2.75, 3.05) is 31.1 Å². The lowest BCUT2D eigenvalue weighted by Crippen LogP contribution is -2.49. The highest BCUT2D eigenvalue weighted by atomic mass is 35.5. The van der Waals surface area contributed by atoms with Crippen LogP contribution in [-0.4, -0.2) is 47.0 Å². The molecular formula is C22H20Cl2N4O2. The number of benzene rings is 2. The van der Waals surface area contributed by atoms with Gasteiger partial charge in [0.2, 0.25) is 5.88 Å². The Kier molecular flexibility index (Phi) is 6.06. The Morgan fingerprint density at radius 2 is 1.70 bits per heavy atom. The Bertz CT molecular complexity index is 1050. The van der Waals surface area contributed by atoms with Gasteiger partial charge in [0.05, 0.1) is 10.6 Å². The van der Waals surface area contributed by atoms with Crippen LogP contribution in [-0.2, 0) is 0 Å². The summed E-state index contributed by atoms with van der Waals surface area (Å²) in [6.45, 7) is 4.23. The SMILES string of the molecule is Cc1nc(Oc2ccccc2)cc(N2CCN(C(=O)c3cc(Cl)ccc3Cl)CC2)n1. The van der Waals surface area contributed by atoms with Crippen LogP contribution in [0.1, 0.15) is 16.2 Å². The summed E-state index contributed by atoms with van der Waals surface area (Å²) in [5, 5.41) is 0.893. The molecule has 1 aliphatic rings. The van der Waals surface area contributed by atoms with E-state index in [1.165, 1.54) is 0 Å². The minimum atomic E-state index is -0.117. The maximum absolute atomic E-state index is 12.8. The number of rotatable bonds is 4. The van der Waals surface area contributed by atoms with Gasteiger partial charge in [0, 0.05) is 37.3 Å². The molecule has 1 saturated heterocycles. The molecule has 8 heteroatoms. The average Bonchev–Trinajstić information content (AvgIpc) is 2.75. The molecular weight excluding hydrogens is 423 g/mol. The van der Waals surface area contributed by atoms with E-state index in [0.717, 1.165) is 11.6 Å². The first kappa shape index (κ1) is 20.4. The number of carbonyl (C=O) groups excluding carboxylic acids is 1. The highest BCUT2D eigenvalue weighted by Crippen LogP contribution is 2.25. The molecule has 1 aromatic heterocycles. The molecule has 0 saturated carbocycles. The number of ether oxygens (including phenoxy) is 1. The molecule has 0 unspecified atom stereocenters. The minimum absolute atomic E-state index is 0.117. The summed E-state index contributed by atoms with van der Waals surface area (Å²) >= 11 is 12.2. The number of para-hydroxylation sites is 1. The Morgan fingerprint density at radius 1 is 0.967 bits per heavy atom. The molecule has 6 nitrogen and oxygen atoms in total. The molecule has 3 aromatic rings. The second kappa shape index (κ2) is 8.90. The first-order chi connectivity index (χ1) is 14.5. The van der Waals surface area contributed by atoms with Crippen LogP contribution in [0.3, 0.4) is 0 Å². The fraction of sp³-hybridized carbons (Fsp3) is 0.227. The lowest BCUT2D eigenvalue weighted by atomic mass is 10.1. The second-order valence-electron chi connectivity index (χ2n) is 6.93. The van der Waals surface area contributed by atoms with E-state index >= 15 is 0 Å². The van der Waals surface area contributed by atoms with Crippen LogP contribution >= 0.6 is 23.2 Å². The van der Waals surface area contributed by atoms with Gasteiger partial charge < -0.3 is 14.5 Å². The normalized spacial score (nSPS) is 14.0. The van der Waals surface area contributed by atoms with Crippen LogP contribution in [0.2, 0.25) is 10.0 Å². The first-order valence-electron chi connectivity index (χ1n) is 9.57.